The Balaban J connectivity index is 1.87. The maximum atomic E-state index is 11.9. The second-order valence-electron chi connectivity index (χ2n) is 4.57. The Morgan fingerprint density at radius 1 is 1.38 bits per heavy atom. The lowest BCUT2D eigenvalue weighted by atomic mass is 10.2. The predicted molar refractivity (Wildman–Crippen MR) is 76.0 cm³/mol. The Morgan fingerprint density at radius 2 is 2.19 bits per heavy atom. The highest BCUT2D eigenvalue weighted by Crippen LogP contribution is 2.17. The molecule has 3 N–H and O–H groups in total. The van der Waals surface area contributed by atoms with Crippen molar-refractivity contribution in [3.63, 3.8) is 0 Å². The molecule has 21 heavy (non-hydrogen) atoms. The highest BCUT2D eigenvalue weighted by molar-refractivity contribution is 5.90. The molecular weight excluding hydrogens is 274 g/mol. The number of ether oxygens (including phenoxy) is 2. The topological polar surface area (TPSA) is 88.7 Å². The number of methoxy groups -OCH3 is 1. The van der Waals surface area contributed by atoms with E-state index >= 15 is 0 Å². The molecule has 0 radical (unpaired) electrons. The standard InChI is InChI=1S/C14H19N3O4/c1-20-6-7-21-12-5-3-2-4-10(12)8-15-13(18)11-9-16-14(19)17-11/h2-5,11H,6-9H2,1H3,(H,15,18)(H2,16,17,19)/t11-/m0/s1. The monoisotopic (exact) mass is 293 g/mol. The summed E-state index contributed by atoms with van der Waals surface area (Å²) in [6.45, 7) is 1.59. The maximum Gasteiger partial charge on any atom is 0.315 e. The number of urea groups is 1. The van der Waals surface area contributed by atoms with E-state index in [-0.39, 0.29) is 11.9 Å². The molecule has 0 bridgehead atoms. The van der Waals surface area contributed by atoms with Gasteiger partial charge in [-0.3, -0.25) is 4.79 Å². The van der Waals surface area contributed by atoms with Gasteiger partial charge in [0, 0.05) is 25.8 Å². The Morgan fingerprint density at radius 3 is 2.90 bits per heavy atom. The first kappa shape index (κ1) is 15.1. The van der Waals surface area contributed by atoms with Gasteiger partial charge in [0.05, 0.1) is 6.61 Å². The molecule has 1 heterocycles. The highest BCUT2D eigenvalue weighted by atomic mass is 16.5. The summed E-state index contributed by atoms with van der Waals surface area (Å²) < 4.78 is 10.5. The average molecular weight is 293 g/mol. The number of carbonyl (C=O) groups excluding carboxylic acids is 2. The Bertz CT molecular complexity index is 507. The van der Waals surface area contributed by atoms with Gasteiger partial charge in [0.1, 0.15) is 18.4 Å². The van der Waals surface area contributed by atoms with E-state index in [1.54, 1.807) is 7.11 Å². The summed E-state index contributed by atoms with van der Waals surface area (Å²) in [5, 5.41) is 7.87. The fraction of sp³-hybridized carbons (Fsp3) is 0.429. The lowest BCUT2D eigenvalue weighted by Crippen LogP contribution is -2.42. The molecule has 0 saturated carbocycles. The highest BCUT2D eigenvalue weighted by Gasteiger charge is 2.26. The van der Waals surface area contributed by atoms with Crippen LogP contribution in [0.3, 0.4) is 0 Å². The van der Waals surface area contributed by atoms with Crippen LogP contribution in [0.15, 0.2) is 24.3 Å². The van der Waals surface area contributed by atoms with Gasteiger partial charge >= 0.3 is 6.03 Å². The summed E-state index contributed by atoms with van der Waals surface area (Å²) in [6, 6.07) is 6.62. The zero-order chi connectivity index (χ0) is 15.1. The Labute approximate surface area is 123 Å². The third kappa shape index (κ3) is 4.35. The largest absolute Gasteiger partial charge is 0.491 e. The van der Waals surface area contributed by atoms with Crippen LogP contribution in [0.2, 0.25) is 0 Å². The first-order valence-corrected chi connectivity index (χ1v) is 6.72. The molecule has 0 unspecified atom stereocenters. The summed E-state index contributed by atoms with van der Waals surface area (Å²) >= 11 is 0. The molecule has 0 aromatic heterocycles. The molecule has 7 heteroatoms. The minimum absolute atomic E-state index is 0.222. The third-order valence-electron chi connectivity index (χ3n) is 3.06. The Hall–Kier alpha value is -2.28. The van der Waals surface area contributed by atoms with E-state index in [9.17, 15) is 9.59 Å². The number of amides is 3. The molecule has 1 aliphatic heterocycles. The fourth-order valence-electron chi connectivity index (χ4n) is 1.94. The van der Waals surface area contributed by atoms with Crippen molar-refractivity contribution in [3.8, 4) is 5.75 Å². The van der Waals surface area contributed by atoms with E-state index in [1.807, 2.05) is 24.3 Å². The van der Waals surface area contributed by atoms with Gasteiger partial charge in [-0.05, 0) is 6.07 Å². The van der Waals surface area contributed by atoms with Crippen LogP contribution < -0.4 is 20.7 Å². The number of rotatable bonds is 7. The quantitative estimate of drug-likeness (QED) is 0.618. The SMILES string of the molecule is COCCOc1ccccc1CNC(=O)[C@@H]1CNC(=O)N1. The van der Waals surface area contributed by atoms with E-state index in [1.165, 1.54) is 0 Å². The predicted octanol–water partition coefficient (Wildman–Crippen LogP) is 0.00940. The molecule has 1 aromatic rings. The summed E-state index contributed by atoms with van der Waals surface area (Å²) in [5.74, 6) is 0.489. The van der Waals surface area contributed by atoms with Crippen molar-refractivity contribution in [2.24, 2.45) is 0 Å². The summed E-state index contributed by atoms with van der Waals surface area (Å²) in [7, 11) is 1.61. The van der Waals surface area contributed by atoms with Crippen molar-refractivity contribution in [1.82, 2.24) is 16.0 Å². The van der Waals surface area contributed by atoms with Crippen LogP contribution >= 0.6 is 0 Å². The molecule has 1 aliphatic rings. The summed E-state index contributed by atoms with van der Waals surface area (Å²) in [4.78, 5) is 22.9. The molecule has 3 amide bonds. The molecule has 1 aromatic carbocycles. The molecule has 7 nitrogen and oxygen atoms in total. The fourth-order valence-corrected chi connectivity index (χ4v) is 1.94. The van der Waals surface area contributed by atoms with Crippen molar-refractivity contribution in [2.45, 2.75) is 12.6 Å². The van der Waals surface area contributed by atoms with Gasteiger partial charge in [-0.2, -0.15) is 0 Å². The zero-order valence-corrected chi connectivity index (χ0v) is 11.8. The van der Waals surface area contributed by atoms with Gasteiger partial charge in [0.2, 0.25) is 5.91 Å². The molecule has 2 rings (SSSR count). The molecule has 114 valence electrons. The summed E-state index contributed by atoms with van der Waals surface area (Å²) in [5.41, 5.74) is 0.874. The van der Waals surface area contributed by atoms with Crippen LogP contribution in [0, 0.1) is 0 Å². The van der Waals surface area contributed by atoms with Crippen LogP contribution in [0.1, 0.15) is 5.56 Å². The number of para-hydroxylation sites is 1. The minimum Gasteiger partial charge on any atom is -0.491 e. The van der Waals surface area contributed by atoms with E-state index in [0.717, 1.165) is 5.56 Å². The van der Waals surface area contributed by atoms with Crippen LogP contribution in [-0.4, -0.2) is 44.8 Å². The molecule has 0 spiro atoms. The second-order valence-corrected chi connectivity index (χ2v) is 4.57. The van der Waals surface area contributed by atoms with E-state index < -0.39 is 6.04 Å². The van der Waals surface area contributed by atoms with Crippen molar-refractivity contribution >= 4 is 11.9 Å². The van der Waals surface area contributed by atoms with Gasteiger partial charge in [-0.15, -0.1) is 0 Å². The summed E-state index contributed by atoms with van der Waals surface area (Å²) in [6.07, 6.45) is 0. The van der Waals surface area contributed by atoms with Gasteiger partial charge in [0.25, 0.3) is 0 Å². The average Bonchev–Trinajstić information content (AvgIpc) is 2.93. The first-order valence-electron chi connectivity index (χ1n) is 6.72. The van der Waals surface area contributed by atoms with Crippen LogP contribution in [0.5, 0.6) is 5.75 Å². The number of nitrogens with one attached hydrogen (secondary N) is 3. The van der Waals surface area contributed by atoms with Crippen LogP contribution in [0.4, 0.5) is 4.79 Å². The number of benzene rings is 1. The van der Waals surface area contributed by atoms with Crippen molar-refractivity contribution in [2.75, 3.05) is 26.9 Å². The molecule has 1 saturated heterocycles. The van der Waals surface area contributed by atoms with Gasteiger partial charge < -0.3 is 25.4 Å². The normalized spacial score (nSPS) is 17.0. The lowest BCUT2D eigenvalue weighted by Gasteiger charge is -2.13. The zero-order valence-electron chi connectivity index (χ0n) is 11.8. The smallest absolute Gasteiger partial charge is 0.315 e. The lowest BCUT2D eigenvalue weighted by molar-refractivity contribution is -0.122. The maximum absolute atomic E-state index is 11.9. The number of hydrogen-bond donors (Lipinski definition) is 3. The molecule has 1 atom stereocenters. The van der Waals surface area contributed by atoms with Crippen molar-refractivity contribution < 1.29 is 19.1 Å². The number of carbonyl (C=O) groups is 2. The van der Waals surface area contributed by atoms with E-state index in [2.05, 4.69) is 16.0 Å². The first-order chi connectivity index (χ1) is 10.2. The van der Waals surface area contributed by atoms with Gasteiger partial charge in [-0.1, -0.05) is 18.2 Å². The van der Waals surface area contributed by atoms with Crippen molar-refractivity contribution in [3.05, 3.63) is 29.8 Å². The molecule has 1 fully saturated rings. The number of hydrogen-bond acceptors (Lipinski definition) is 4. The van der Waals surface area contributed by atoms with Crippen molar-refractivity contribution in [1.29, 1.82) is 0 Å². The second kappa shape index (κ2) is 7.49. The van der Waals surface area contributed by atoms with E-state index in [4.69, 9.17) is 9.47 Å². The minimum atomic E-state index is -0.529. The van der Waals surface area contributed by atoms with Gasteiger partial charge in [0.15, 0.2) is 0 Å². The van der Waals surface area contributed by atoms with Crippen LogP contribution in [-0.2, 0) is 16.1 Å². The van der Waals surface area contributed by atoms with Crippen LogP contribution in [0.25, 0.3) is 0 Å². The molecular formula is C14H19N3O4. The Kier molecular flexibility index (Phi) is 5.39. The van der Waals surface area contributed by atoms with E-state index in [0.29, 0.717) is 32.1 Å². The third-order valence-corrected chi connectivity index (χ3v) is 3.06. The van der Waals surface area contributed by atoms with Gasteiger partial charge in [-0.25, -0.2) is 4.79 Å². The molecule has 0 aliphatic carbocycles.